The van der Waals surface area contributed by atoms with Gasteiger partial charge in [-0.3, -0.25) is 19.6 Å². The molecule has 0 radical (unpaired) electrons. The summed E-state index contributed by atoms with van der Waals surface area (Å²) in [5, 5.41) is 22.7. The van der Waals surface area contributed by atoms with E-state index in [1.165, 1.54) is 70.0 Å². The van der Waals surface area contributed by atoms with Gasteiger partial charge in [0.05, 0.1) is 18.2 Å². The Balaban J connectivity index is 0.000000263. The van der Waals surface area contributed by atoms with Gasteiger partial charge in [0, 0.05) is 79.6 Å². The number of allylic oxidation sites excluding steroid dienone is 4. The third-order valence-corrected chi connectivity index (χ3v) is 11.7. The second kappa shape index (κ2) is 14.0. The van der Waals surface area contributed by atoms with Gasteiger partial charge < -0.3 is 14.9 Å². The van der Waals surface area contributed by atoms with Crippen molar-refractivity contribution >= 4 is 44.5 Å². The van der Waals surface area contributed by atoms with Crippen LogP contribution in [-0.4, -0.2) is 63.9 Å². The molecule has 3 fully saturated rings. The van der Waals surface area contributed by atoms with E-state index in [1.807, 2.05) is 13.0 Å². The number of rotatable bonds is 7. The molecule has 4 aliphatic carbocycles. The Hall–Kier alpha value is -4.87. The van der Waals surface area contributed by atoms with Gasteiger partial charge in [0.25, 0.3) is 0 Å². The van der Waals surface area contributed by atoms with Crippen molar-refractivity contribution in [3.05, 3.63) is 95.1 Å². The Morgan fingerprint density at radius 3 is 2.59 bits per heavy atom. The highest BCUT2D eigenvalue weighted by Gasteiger charge is 2.41. The molecule has 9 rings (SSSR count). The zero-order chi connectivity index (χ0) is 35.1. The monoisotopic (exact) mass is 679 g/mol. The molecule has 3 heterocycles. The smallest absolute Gasteiger partial charge is 0.225 e. The minimum absolute atomic E-state index is 0.0522. The van der Waals surface area contributed by atoms with Crippen molar-refractivity contribution < 1.29 is 14.7 Å². The van der Waals surface area contributed by atoms with Crippen molar-refractivity contribution in [1.82, 2.24) is 14.9 Å². The predicted molar refractivity (Wildman–Crippen MR) is 200 cm³/mol. The number of pyridine rings is 2. The molecule has 5 aliphatic rings. The van der Waals surface area contributed by atoms with Crippen molar-refractivity contribution in [2.24, 2.45) is 11.8 Å². The van der Waals surface area contributed by atoms with Crippen LogP contribution < -0.4 is 4.90 Å². The Labute approximate surface area is 299 Å². The number of amides is 1. The van der Waals surface area contributed by atoms with Gasteiger partial charge in [-0.2, -0.15) is 5.26 Å². The zero-order valence-corrected chi connectivity index (χ0v) is 29.4. The van der Waals surface area contributed by atoms with Crippen molar-refractivity contribution in [2.75, 3.05) is 31.1 Å². The van der Waals surface area contributed by atoms with E-state index in [2.05, 4.69) is 62.3 Å². The van der Waals surface area contributed by atoms with Gasteiger partial charge in [-0.15, -0.1) is 0 Å². The standard InChI is InChI=1S/C34H40N2O3.C9H5N3/c1-2-33(38)29-5-3-4-24-25-10-13-28-30(21-6-7-21)18-23(19-31(28)27(25)12-11-26(24)29)35-15-16-36(34(39)14-17-37)32(20-35)22-8-9-22;10-3-7-4-12-6-8-5-11-2-1-9(7)8/h3-4,10,13,18-19,21-22,29,32,37H,2,5-9,11-12,14-17,20H2,1H3;1-2,4-6H/t29-,32?;/m1./s1. The first kappa shape index (κ1) is 33.3. The highest BCUT2D eigenvalue weighted by atomic mass is 16.3. The van der Waals surface area contributed by atoms with Gasteiger partial charge in [0.1, 0.15) is 11.9 Å². The van der Waals surface area contributed by atoms with Crippen molar-refractivity contribution in [2.45, 2.75) is 76.7 Å². The molecule has 2 aromatic carbocycles. The summed E-state index contributed by atoms with van der Waals surface area (Å²) in [6, 6.07) is 13.7. The molecule has 0 spiro atoms. The van der Waals surface area contributed by atoms with Crippen molar-refractivity contribution in [3.8, 4) is 6.07 Å². The van der Waals surface area contributed by atoms with E-state index in [4.69, 9.17) is 5.26 Å². The van der Waals surface area contributed by atoms with E-state index in [-0.39, 0.29) is 30.9 Å². The normalized spacial score (nSPS) is 21.1. The fraction of sp³-hybridized carbons (Fsp3) is 0.419. The first-order chi connectivity index (χ1) is 25.0. The lowest BCUT2D eigenvalue weighted by atomic mass is 9.73. The lowest BCUT2D eigenvalue weighted by Crippen LogP contribution is -2.56. The zero-order valence-electron chi connectivity index (χ0n) is 29.4. The van der Waals surface area contributed by atoms with Crippen LogP contribution in [0.2, 0.25) is 0 Å². The number of anilines is 1. The largest absolute Gasteiger partial charge is 0.396 e. The molecule has 8 nitrogen and oxygen atoms in total. The summed E-state index contributed by atoms with van der Waals surface area (Å²) in [7, 11) is 0. The summed E-state index contributed by atoms with van der Waals surface area (Å²) in [6.07, 6.45) is 19.7. The number of fused-ring (bicyclic) bond motifs is 5. The summed E-state index contributed by atoms with van der Waals surface area (Å²) >= 11 is 0. The molecular weight excluding hydrogens is 635 g/mol. The molecular formula is C43H45N5O3. The number of carbonyl (C=O) groups is 2. The van der Waals surface area contributed by atoms with Crippen LogP contribution in [0, 0.1) is 23.2 Å². The van der Waals surface area contributed by atoms with Crippen LogP contribution in [0.3, 0.4) is 0 Å². The minimum Gasteiger partial charge on any atom is -0.396 e. The highest BCUT2D eigenvalue weighted by molar-refractivity contribution is 5.99. The van der Waals surface area contributed by atoms with E-state index < -0.39 is 0 Å². The molecule has 1 saturated heterocycles. The molecule has 1 amide bonds. The average molecular weight is 680 g/mol. The molecule has 2 atom stereocenters. The predicted octanol–water partition coefficient (Wildman–Crippen LogP) is 7.28. The Bertz CT molecular complexity index is 2120. The number of nitriles is 1. The third-order valence-electron chi connectivity index (χ3n) is 11.7. The number of nitrogens with zero attached hydrogens (tertiary/aromatic N) is 5. The van der Waals surface area contributed by atoms with Gasteiger partial charge >= 0.3 is 0 Å². The molecule has 260 valence electrons. The van der Waals surface area contributed by atoms with E-state index in [0.29, 0.717) is 29.6 Å². The summed E-state index contributed by atoms with van der Waals surface area (Å²) < 4.78 is 0. The number of carbonyl (C=O) groups excluding carboxylic acids is 2. The van der Waals surface area contributed by atoms with Crippen LogP contribution in [0.15, 0.2) is 72.8 Å². The molecule has 51 heavy (non-hydrogen) atoms. The number of aromatic nitrogens is 2. The lowest BCUT2D eigenvalue weighted by Gasteiger charge is -2.43. The van der Waals surface area contributed by atoms with E-state index in [9.17, 15) is 14.7 Å². The maximum absolute atomic E-state index is 12.8. The molecule has 1 aliphatic heterocycles. The molecule has 2 saturated carbocycles. The number of ketones is 1. The number of benzene rings is 2. The van der Waals surface area contributed by atoms with Gasteiger partial charge in [-0.05, 0) is 108 Å². The van der Waals surface area contributed by atoms with Crippen LogP contribution in [0.5, 0.6) is 0 Å². The van der Waals surface area contributed by atoms with Gasteiger partial charge in [0.2, 0.25) is 5.91 Å². The molecule has 1 N–H and O–H groups in total. The van der Waals surface area contributed by atoms with Gasteiger partial charge in [-0.25, -0.2) is 0 Å². The minimum atomic E-state index is -0.0718. The number of Topliss-reactive ketones (excluding diaryl/α,β-unsaturated/α-hetero) is 1. The average Bonchev–Trinajstić information content (AvgIpc) is 4.11. The number of piperazine rings is 1. The topological polar surface area (TPSA) is 110 Å². The maximum Gasteiger partial charge on any atom is 0.225 e. The van der Waals surface area contributed by atoms with Crippen molar-refractivity contribution in [3.63, 3.8) is 0 Å². The number of hydrogen-bond acceptors (Lipinski definition) is 7. The lowest BCUT2D eigenvalue weighted by molar-refractivity contribution is -0.135. The Kier molecular flexibility index (Phi) is 9.16. The van der Waals surface area contributed by atoms with Crippen LogP contribution >= 0.6 is 0 Å². The van der Waals surface area contributed by atoms with Crippen LogP contribution in [0.1, 0.15) is 86.5 Å². The van der Waals surface area contributed by atoms with Crippen LogP contribution in [0.4, 0.5) is 5.69 Å². The van der Waals surface area contributed by atoms with Gasteiger partial charge in [0.15, 0.2) is 0 Å². The summed E-state index contributed by atoms with van der Waals surface area (Å²) in [5.41, 5.74) is 8.79. The first-order valence-electron chi connectivity index (χ1n) is 18.7. The highest BCUT2D eigenvalue weighted by Crippen LogP contribution is 2.49. The number of aliphatic hydroxyl groups excluding tert-OH is 1. The summed E-state index contributed by atoms with van der Waals surface area (Å²) in [4.78, 5) is 38.0. The number of aryl methyl sites for hydroxylation is 1. The Morgan fingerprint density at radius 2 is 1.82 bits per heavy atom. The molecule has 0 bridgehead atoms. The number of hydrogen-bond donors (Lipinski definition) is 1. The molecule has 4 aromatic rings. The first-order valence-corrected chi connectivity index (χ1v) is 18.7. The van der Waals surface area contributed by atoms with E-state index >= 15 is 0 Å². The SMILES string of the molecule is CCC(=O)[C@@H]1CC=CC2=C1CCc1c2ccc2c(C3CC3)cc(N3CCN(C(=O)CCO)C(C4CC4)C3)cc12.N#Cc1cncc2cnccc12. The second-order valence-electron chi connectivity index (χ2n) is 14.8. The van der Waals surface area contributed by atoms with Crippen LogP contribution in [0.25, 0.3) is 27.1 Å². The summed E-state index contributed by atoms with van der Waals surface area (Å²) in [6.45, 7) is 4.37. The molecule has 2 aromatic heterocycles. The second-order valence-corrected chi connectivity index (χ2v) is 14.8. The van der Waals surface area contributed by atoms with E-state index in [0.717, 1.165) is 49.7 Å². The van der Waals surface area contributed by atoms with Gasteiger partial charge in [-0.1, -0.05) is 36.8 Å². The fourth-order valence-corrected chi connectivity index (χ4v) is 8.69. The van der Waals surface area contributed by atoms with Crippen LogP contribution in [-0.2, 0) is 16.0 Å². The molecule has 8 heteroatoms. The third kappa shape index (κ3) is 6.45. The maximum atomic E-state index is 12.8. The van der Waals surface area contributed by atoms with E-state index in [1.54, 1.807) is 24.8 Å². The quantitative estimate of drug-likeness (QED) is 0.219. The number of aliphatic hydroxyl groups is 1. The van der Waals surface area contributed by atoms with Crippen molar-refractivity contribution in [1.29, 1.82) is 5.26 Å². The summed E-state index contributed by atoms with van der Waals surface area (Å²) in [5.74, 6) is 1.77. The fourth-order valence-electron chi connectivity index (χ4n) is 8.69. The Morgan fingerprint density at radius 1 is 0.980 bits per heavy atom. The molecule has 1 unspecified atom stereocenters.